The van der Waals surface area contributed by atoms with Crippen LogP contribution in [0.3, 0.4) is 0 Å². The summed E-state index contributed by atoms with van der Waals surface area (Å²) >= 11 is 0. The number of hydrogen-bond donors (Lipinski definition) is 1. The summed E-state index contributed by atoms with van der Waals surface area (Å²) in [6.45, 7) is 4.77. The van der Waals surface area contributed by atoms with E-state index in [2.05, 4.69) is 17.6 Å². The SMILES string of the molecule is C=CC1(O)/C(=C/c2ccc(OC)cc2)CCCC1CN(C)C. The molecule has 3 nitrogen and oxygen atoms in total. The van der Waals surface area contributed by atoms with Crippen molar-refractivity contribution >= 4 is 6.08 Å². The van der Waals surface area contributed by atoms with Crippen LogP contribution in [0.25, 0.3) is 6.08 Å². The molecule has 0 heterocycles. The largest absolute Gasteiger partial charge is 0.497 e. The van der Waals surface area contributed by atoms with Crippen molar-refractivity contribution in [2.45, 2.75) is 24.9 Å². The summed E-state index contributed by atoms with van der Waals surface area (Å²) in [5.74, 6) is 1.04. The van der Waals surface area contributed by atoms with E-state index in [-0.39, 0.29) is 5.92 Å². The Kier molecular flexibility index (Phi) is 5.43. The third-order valence-corrected chi connectivity index (χ3v) is 4.49. The summed E-state index contributed by atoms with van der Waals surface area (Å²) in [4.78, 5) is 2.13. The molecule has 0 radical (unpaired) electrons. The number of hydrogen-bond acceptors (Lipinski definition) is 3. The predicted molar refractivity (Wildman–Crippen MR) is 92.0 cm³/mol. The van der Waals surface area contributed by atoms with Gasteiger partial charge >= 0.3 is 0 Å². The number of rotatable bonds is 5. The minimum Gasteiger partial charge on any atom is -0.497 e. The van der Waals surface area contributed by atoms with E-state index in [1.807, 2.05) is 38.4 Å². The molecule has 1 aromatic carbocycles. The number of nitrogens with zero attached hydrogens (tertiary/aromatic N) is 1. The maximum absolute atomic E-state index is 11.2. The Morgan fingerprint density at radius 2 is 2.05 bits per heavy atom. The zero-order valence-corrected chi connectivity index (χ0v) is 13.9. The summed E-state index contributed by atoms with van der Waals surface area (Å²) in [6.07, 6.45) is 6.87. The van der Waals surface area contributed by atoms with Crippen LogP contribution in [0, 0.1) is 5.92 Å². The van der Waals surface area contributed by atoms with Crippen LogP contribution >= 0.6 is 0 Å². The highest BCUT2D eigenvalue weighted by Crippen LogP contribution is 2.40. The van der Waals surface area contributed by atoms with Gasteiger partial charge in [-0.15, -0.1) is 0 Å². The maximum atomic E-state index is 11.2. The fraction of sp³-hybridized carbons (Fsp3) is 0.474. The summed E-state index contributed by atoms with van der Waals surface area (Å²) in [6, 6.07) is 7.93. The van der Waals surface area contributed by atoms with Crippen LogP contribution in [0.4, 0.5) is 0 Å². The average Bonchev–Trinajstić information content (AvgIpc) is 2.51. The van der Waals surface area contributed by atoms with E-state index >= 15 is 0 Å². The molecule has 1 fully saturated rings. The fourth-order valence-electron chi connectivity index (χ4n) is 3.28. The van der Waals surface area contributed by atoms with E-state index in [1.54, 1.807) is 13.2 Å². The Bertz CT molecular complexity index is 533. The first kappa shape index (κ1) is 16.8. The van der Waals surface area contributed by atoms with Gasteiger partial charge in [0.1, 0.15) is 11.4 Å². The molecule has 1 aliphatic carbocycles. The Balaban J connectivity index is 2.29. The molecule has 120 valence electrons. The van der Waals surface area contributed by atoms with Crippen molar-refractivity contribution < 1.29 is 9.84 Å². The molecule has 1 aliphatic rings. The third kappa shape index (κ3) is 3.60. The minimum absolute atomic E-state index is 0.193. The van der Waals surface area contributed by atoms with Crippen LogP contribution in [0.2, 0.25) is 0 Å². The number of ether oxygens (including phenoxy) is 1. The Morgan fingerprint density at radius 3 is 2.59 bits per heavy atom. The first-order chi connectivity index (χ1) is 10.5. The molecule has 2 unspecified atom stereocenters. The molecular weight excluding hydrogens is 274 g/mol. The van der Waals surface area contributed by atoms with Crippen LogP contribution in [0.5, 0.6) is 5.75 Å². The van der Waals surface area contributed by atoms with Gasteiger partial charge in [-0.2, -0.15) is 0 Å². The summed E-state index contributed by atoms with van der Waals surface area (Å²) in [7, 11) is 5.76. The van der Waals surface area contributed by atoms with Crippen LogP contribution in [0.15, 0.2) is 42.5 Å². The second-order valence-electron chi connectivity index (χ2n) is 6.32. The first-order valence-corrected chi connectivity index (χ1v) is 7.85. The predicted octanol–water partition coefficient (Wildman–Crippen LogP) is 3.36. The van der Waals surface area contributed by atoms with Crippen molar-refractivity contribution in [1.82, 2.24) is 4.90 Å². The maximum Gasteiger partial charge on any atom is 0.118 e. The van der Waals surface area contributed by atoms with Crippen molar-refractivity contribution in [1.29, 1.82) is 0 Å². The standard InChI is InChI=1S/C19H27NO2/c1-5-19(21)16(7-6-8-17(19)14-20(2)3)13-15-9-11-18(22-4)12-10-15/h5,9-13,17,21H,1,6-8,14H2,2-4H3/b16-13+. The number of benzene rings is 1. The fourth-order valence-corrected chi connectivity index (χ4v) is 3.28. The molecule has 0 aromatic heterocycles. The Labute approximate surface area is 133 Å². The lowest BCUT2D eigenvalue weighted by Gasteiger charge is -2.41. The van der Waals surface area contributed by atoms with E-state index in [9.17, 15) is 5.11 Å². The van der Waals surface area contributed by atoms with Gasteiger partial charge in [-0.1, -0.05) is 30.9 Å². The molecule has 1 N–H and O–H groups in total. The highest BCUT2D eigenvalue weighted by molar-refractivity contribution is 5.57. The Morgan fingerprint density at radius 1 is 1.36 bits per heavy atom. The molecule has 0 bridgehead atoms. The lowest BCUT2D eigenvalue weighted by molar-refractivity contribution is 0.0292. The molecule has 2 rings (SSSR count). The lowest BCUT2D eigenvalue weighted by Crippen LogP contribution is -2.45. The second kappa shape index (κ2) is 7.12. The van der Waals surface area contributed by atoms with Crippen molar-refractivity contribution in [3.8, 4) is 5.75 Å². The van der Waals surface area contributed by atoms with E-state index in [1.165, 1.54) is 0 Å². The van der Waals surface area contributed by atoms with Gasteiger partial charge < -0.3 is 14.7 Å². The molecule has 22 heavy (non-hydrogen) atoms. The molecule has 3 heteroatoms. The number of aliphatic hydroxyl groups is 1. The van der Waals surface area contributed by atoms with Crippen LogP contribution < -0.4 is 4.74 Å². The van der Waals surface area contributed by atoms with Crippen molar-refractivity contribution in [2.24, 2.45) is 5.92 Å². The normalized spacial score (nSPS) is 27.1. The van der Waals surface area contributed by atoms with E-state index in [4.69, 9.17) is 4.74 Å². The number of methoxy groups -OCH3 is 1. The van der Waals surface area contributed by atoms with Gasteiger partial charge in [0.2, 0.25) is 0 Å². The van der Waals surface area contributed by atoms with E-state index < -0.39 is 5.60 Å². The molecule has 0 saturated heterocycles. The van der Waals surface area contributed by atoms with Gasteiger partial charge in [-0.05, 0) is 56.6 Å². The zero-order chi connectivity index (χ0) is 16.2. The van der Waals surface area contributed by atoms with Crippen molar-refractivity contribution in [3.05, 3.63) is 48.1 Å². The monoisotopic (exact) mass is 301 g/mol. The topological polar surface area (TPSA) is 32.7 Å². The molecular formula is C19H27NO2. The van der Waals surface area contributed by atoms with Crippen molar-refractivity contribution in [3.63, 3.8) is 0 Å². The highest BCUT2D eigenvalue weighted by Gasteiger charge is 2.40. The van der Waals surface area contributed by atoms with Crippen LogP contribution in [-0.2, 0) is 0 Å². The Hall–Kier alpha value is -1.58. The van der Waals surface area contributed by atoms with Gasteiger partial charge in [0.15, 0.2) is 0 Å². The van der Waals surface area contributed by atoms with E-state index in [0.717, 1.165) is 42.7 Å². The quantitative estimate of drug-likeness (QED) is 0.847. The molecule has 2 atom stereocenters. The first-order valence-electron chi connectivity index (χ1n) is 7.85. The zero-order valence-electron chi connectivity index (χ0n) is 13.9. The van der Waals surface area contributed by atoms with Crippen molar-refractivity contribution in [2.75, 3.05) is 27.7 Å². The van der Waals surface area contributed by atoms with E-state index in [0.29, 0.717) is 0 Å². The van der Waals surface area contributed by atoms with Gasteiger partial charge in [-0.25, -0.2) is 0 Å². The molecule has 0 amide bonds. The minimum atomic E-state index is -0.914. The van der Waals surface area contributed by atoms with Gasteiger partial charge in [0.25, 0.3) is 0 Å². The lowest BCUT2D eigenvalue weighted by atomic mass is 9.71. The smallest absolute Gasteiger partial charge is 0.118 e. The summed E-state index contributed by atoms with van der Waals surface area (Å²) < 4.78 is 5.19. The van der Waals surface area contributed by atoms with Crippen LogP contribution in [-0.4, -0.2) is 43.4 Å². The summed E-state index contributed by atoms with van der Waals surface area (Å²) in [5.41, 5.74) is 1.23. The van der Waals surface area contributed by atoms with Gasteiger partial charge in [0.05, 0.1) is 7.11 Å². The molecule has 0 aliphatic heterocycles. The van der Waals surface area contributed by atoms with Gasteiger partial charge in [-0.3, -0.25) is 0 Å². The molecule has 1 aromatic rings. The second-order valence-corrected chi connectivity index (χ2v) is 6.32. The van der Waals surface area contributed by atoms with Gasteiger partial charge in [0, 0.05) is 12.5 Å². The molecule has 1 saturated carbocycles. The average molecular weight is 301 g/mol. The van der Waals surface area contributed by atoms with Crippen LogP contribution in [0.1, 0.15) is 24.8 Å². The summed E-state index contributed by atoms with van der Waals surface area (Å²) in [5, 5.41) is 11.2. The molecule has 0 spiro atoms. The highest BCUT2D eigenvalue weighted by atomic mass is 16.5. The third-order valence-electron chi connectivity index (χ3n) is 4.49.